The summed E-state index contributed by atoms with van der Waals surface area (Å²) in [6.45, 7) is 10.3. The zero-order chi connectivity index (χ0) is 11.4. The molecule has 0 aliphatic carbocycles. The largest absolute Gasteiger partial charge is 0.355 e. The molecule has 2 heterocycles. The highest BCUT2D eigenvalue weighted by molar-refractivity contribution is 5.72. The Morgan fingerprint density at radius 3 is 2.69 bits per heavy atom. The minimum absolute atomic E-state index is 0.0687. The van der Waals surface area contributed by atoms with Crippen molar-refractivity contribution < 1.29 is 4.79 Å². The van der Waals surface area contributed by atoms with Crippen LogP contribution in [0.1, 0.15) is 6.92 Å². The number of hydrogen-bond acceptors (Lipinski definition) is 4. The lowest BCUT2D eigenvalue weighted by Crippen LogP contribution is -2.63. The second-order valence-corrected chi connectivity index (χ2v) is 4.68. The second kappa shape index (κ2) is 5.61. The maximum Gasteiger partial charge on any atom is 0.216 e. The Kier molecular flexibility index (Phi) is 4.15. The molecule has 0 unspecified atom stereocenters. The van der Waals surface area contributed by atoms with Crippen LogP contribution in [-0.4, -0.2) is 74.1 Å². The summed E-state index contributed by atoms with van der Waals surface area (Å²) in [6.07, 6.45) is 0. The topological polar surface area (TPSA) is 47.6 Å². The van der Waals surface area contributed by atoms with E-state index in [-0.39, 0.29) is 5.91 Å². The molecule has 0 radical (unpaired) electrons. The molecule has 2 N–H and O–H groups in total. The Morgan fingerprint density at radius 2 is 2.06 bits per heavy atom. The number of likely N-dealkylation sites (tertiary alicyclic amines) is 1. The highest BCUT2D eigenvalue weighted by Crippen LogP contribution is 2.14. The molecular weight excluding hydrogens is 204 g/mol. The molecule has 92 valence electrons. The van der Waals surface area contributed by atoms with E-state index in [1.54, 1.807) is 6.92 Å². The van der Waals surface area contributed by atoms with Crippen molar-refractivity contribution in [2.45, 2.75) is 13.0 Å². The zero-order valence-electron chi connectivity index (χ0n) is 10.0. The Morgan fingerprint density at radius 1 is 1.38 bits per heavy atom. The normalized spacial score (nSPS) is 24.1. The quantitative estimate of drug-likeness (QED) is 0.626. The van der Waals surface area contributed by atoms with E-state index < -0.39 is 0 Å². The number of carbonyl (C=O) groups excluding carboxylic acids is 1. The highest BCUT2D eigenvalue weighted by atomic mass is 16.1. The van der Waals surface area contributed by atoms with Crippen LogP contribution in [0.4, 0.5) is 0 Å². The Balaban J connectivity index is 1.56. The molecule has 1 amide bonds. The average molecular weight is 226 g/mol. The predicted molar refractivity (Wildman–Crippen MR) is 63.4 cm³/mol. The number of hydrogen-bond donors (Lipinski definition) is 2. The highest BCUT2D eigenvalue weighted by Gasteiger charge is 2.31. The van der Waals surface area contributed by atoms with Crippen LogP contribution in [0, 0.1) is 0 Å². The van der Waals surface area contributed by atoms with Crippen molar-refractivity contribution in [3.63, 3.8) is 0 Å². The number of nitrogens with zero attached hydrogens (tertiary/aromatic N) is 2. The van der Waals surface area contributed by atoms with Crippen LogP contribution in [0.5, 0.6) is 0 Å². The van der Waals surface area contributed by atoms with Gasteiger partial charge in [0.25, 0.3) is 0 Å². The monoisotopic (exact) mass is 226 g/mol. The third-order valence-corrected chi connectivity index (χ3v) is 3.41. The van der Waals surface area contributed by atoms with Crippen molar-refractivity contribution in [2.75, 3.05) is 52.4 Å². The minimum Gasteiger partial charge on any atom is -0.355 e. The Labute approximate surface area is 97.2 Å². The molecular formula is C11H22N4O. The van der Waals surface area contributed by atoms with Crippen LogP contribution in [0.3, 0.4) is 0 Å². The van der Waals surface area contributed by atoms with E-state index >= 15 is 0 Å². The molecule has 2 fully saturated rings. The first-order valence-corrected chi connectivity index (χ1v) is 6.17. The molecule has 0 aromatic rings. The van der Waals surface area contributed by atoms with Gasteiger partial charge in [-0.2, -0.15) is 0 Å². The van der Waals surface area contributed by atoms with E-state index in [2.05, 4.69) is 20.4 Å². The van der Waals surface area contributed by atoms with Crippen molar-refractivity contribution >= 4 is 5.91 Å². The van der Waals surface area contributed by atoms with Crippen LogP contribution in [0.25, 0.3) is 0 Å². The molecule has 2 aliphatic heterocycles. The summed E-state index contributed by atoms with van der Waals surface area (Å²) in [7, 11) is 0. The molecule has 0 atom stereocenters. The van der Waals surface area contributed by atoms with Gasteiger partial charge in [0.2, 0.25) is 5.91 Å². The number of rotatable bonds is 4. The van der Waals surface area contributed by atoms with Crippen LogP contribution < -0.4 is 10.6 Å². The molecule has 0 aromatic carbocycles. The van der Waals surface area contributed by atoms with Gasteiger partial charge in [-0.1, -0.05) is 0 Å². The summed E-state index contributed by atoms with van der Waals surface area (Å²) in [6, 6.07) is 0.749. The lowest BCUT2D eigenvalue weighted by molar-refractivity contribution is -0.119. The van der Waals surface area contributed by atoms with Gasteiger partial charge in [-0.3, -0.25) is 14.6 Å². The standard InChI is InChI=1S/C11H22N4O/c1-10(16)13-4-5-14-8-11(9-14)15-6-2-12-3-7-15/h11-12H,2-9H2,1H3,(H,13,16). The van der Waals surface area contributed by atoms with Crippen LogP contribution in [0.2, 0.25) is 0 Å². The van der Waals surface area contributed by atoms with E-state index in [0.29, 0.717) is 0 Å². The number of piperazine rings is 1. The molecule has 2 saturated heterocycles. The SMILES string of the molecule is CC(=O)NCCN1CC(N2CCNCC2)C1. The third-order valence-electron chi connectivity index (χ3n) is 3.41. The molecule has 0 bridgehead atoms. The van der Waals surface area contributed by atoms with Crippen LogP contribution >= 0.6 is 0 Å². The summed E-state index contributed by atoms with van der Waals surface area (Å²) < 4.78 is 0. The van der Waals surface area contributed by atoms with Gasteiger partial charge < -0.3 is 10.6 Å². The fourth-order valence-electron chi connectivity index (χ4n) is 2.39. The fraction of sp³-hybridized carbons (Fsp3) is 0.909. The second-order valence-electron chi connectivity index (χ2n) is 4.68. The maximum absolute atomic E-state index is 10.7. The number of amides is 1. The molecule has 0 saturated carbocycles. The van der Waals surface area contributed by atoms with E-state index in [9.17, 15) is 4.79 Å². The van der Waals surface area contributed by atoms with E-state index in [1.807, 2.05) is 0 Å². The van der Waals surface area contributed by atoms with Crippen molar-refractivity contribution in [3.05, 3.63) is 0 Å². The molecule has 0 spiro atoms. The molecule has 2 rings (SSSR count). The molecule has 0 aromatic heterocycles. The summed E-state index contributed by atoms with van der Waals surface area (Å²) in [5.74, 6) is 0.0687. The molecule has 5 nitrogen and oxygen atoms in total. The summed E-state index contributed by atoms with van der Waals surface area (Å²) >= 11 is 0. The molecule has 16 heavy (non-hydrogen) atoms. The lowest BCUT2D eigenvalue weighted by atomic mass is 10.1. The summed E-state index contributed by atoms with van der Waals surface area (Å²) in [4.78, 5) is 15.7. The van der Waals surface area contributed by atoms with Crippen LogP contribution in [0.15, 0.2) is 0 Å². The van der Waals surface area contributed by atoms with Crippen molar-refractivity contribution in [3.8, 4) is 0 Å². The van der Waals surface area contributed by atoms with E-state index in [4.69, 9.17) is 0 Å². The summed E-state index contributed by atoms with van der Waals surface area (Å²) in [5, 5.41) is 6.21. The first kappa shape index (κ1) is 11.8. The number of nitrogens with one attached hydrogen (secondary N) is 2. The van der Waals surface area contributed by atoms with Crippen molar-refractivity contribution in [2.24, 2.45) is 0 Å². The van der Waals surface area contributed by atoms with Crippen molar-refractivity contribution in [1.82, 2.24) is 20.4 Å². The van der Waals surface area contributed by atoms with Gasteiger partial charge in [0.05, 0.1) is 0 Å². The van der Waals surface area contributed by atoms with Crippen LogP contribution in [-0.2, 0) is 4.79 Å². The van der Waals surface area contributed by atoms with E-state index in [1.165, 1.54) is 26.2 Å². The van der Waals surface area contributed by atoms with Gasteiger partial charge in [-0.15, -0.1) is 0 Å². The first-order chi connectivity index (χ1) is 7.75. The zero-order valence-corrected chi connectivity index (χ0v) is 10.0. The Bertz CT molecular complexity index is 234. The van der Waals surface area contributed by atoms with Gasteiger partial charge in [0.1, 0.15) is 0 Å². The average Bonchev–Trinajstić information content (AvgIpc) is 2.22. The van der Waals surface area contributed by atoms with E-state index in [0.717, 1.165) is 32.2 Å². The minimum atomic E-state index is 0.0687. The molecule has 2 aliphatic rings. The van der Waals surface area contributed by atoms with Gasteiger partial charge in [-0.05, 0) is 0 Å². The molecule has 5 heteroatoms. The van der Waals surface area contributed by atoms with Crippen molar-refractivity contribution in [1.29, 1.82) is 0 Å². The lowest BCUT2D eigenvalue weighted by Gasteiger charge is -2.46. The number of carbonyl (C=O) groups is 1. The van der Waals surface area contributed by atoms with Gasteiger partial charge in [0, 0.05) is 65.3 Å². The Hall–Kier alpha value is -0.650. The summed E-state index contributed by atoms with van der Waals surface area (Å²) in [5.41, 5.74) is 0. The smallest absolute Gasteiger partial charge is 0.216 e. The van der Waals surface area contributed by atoms with Gasteiger partial charge in [-0.25, -0.2) is 0 Å². The first-order valence-electron chi connectivity index (χ1n) is 6.17. The van der Waals surface area contributed by atoms with Gasteiger partial charge >= 0.3 is 0 Å². The third kappa shape index (κ3) is 3.17. The fourth-order valence-corrected chi connectivity index (χ4v) is 2.39. The predicted octanol–water partition coefficient (Wildman–Crippen LogP) is -1.29. The van der Waals surface area contributed by atoms with Gasteiger partial charge in [0.15, 0.2) is 0 Å². The maximum atomic E-state index is 10.7.